The molecule has 82 valence electrons. The van der Waals surface area contributed by atoms with Gasteiger partial charge in [-0.1, -0.05) is 0 Å². The SMILES string of the molecule is O=C(O)c1ccc2nc3c(=O)c(=O)c3nc2c1. The summed E-state index contributed by atoms with van der Waals surface area (Å²) in [6.45, 7) is 0. The number of aromatic carboxylic acids is 1. The summed E-state index contributed by atoms with van der Waals surface area (Å²) in [5, 5.41) is 8.81. The molecule has 17 heavy (non-hydrogen) atoms. The molecule has 6 heteroatoms. The van der Waals surface area contributed by atoms with Gasteiger partial charge < -0.3 is 5.11 Å². The molecule has 0 saturated heterocycles. The number of nitrogens with zero attached hydrogens (tertiary/aromatic N) is 2. The van der Waals surface area contributed by atoms with Crippen molar-refractivity contribution < 1.29 is 9.90 Å². The molecule has 3 aromatic rings. The second kappa shape index (κ2) is 2.94. The van der Waals surface area contributed by atoms with E-state index < -0.39 is 16.8 Å². The largest absolute Gasteiger partial charge is 0.478 e. The maximum atomic E-state index is 11.1. The van der Waals surface area contributed by atoms with Crippen molar-refractivity contribution in [2.45, 2.75) is 0 Å². The minimum Gasteiger partial charge on any atom is -0.478 e. The summed E-state index contributed by atoms with van der Waals surface area (Å²) in [7, 11) is 0. The summed E-state index contributed by atoms with van der Waals surface area (Å²) < 4.78 is 0. The minimum atomic E-state index is -1.08. The molecule has 0 aliphatic carbocycles. The first-order valence-corrected chi connectivity index (χ1v) is 4.72. The van der Waals surface area contributed by atoms with Gasteiger partial charge in [0.25, 0.3) is 10.9 Å². The number of hydrogen-bond donors (Lipinski definition) is 1. The monoisotopic (exact) mass is 228 g/mol. The van der Waals surface area contributed by atoms with Crippen molar-refractivity contribution in [3.63, 3.8) is 0 Å². The standard InChI is InChI=1S/C11H4N2O4/c14-9-7-8(10(9)15)13-6-3-4(11(16)17)1-2-5(6)12-7/h1-3H,(H,16,17). The zero-order valence-corrected chi connectivity index (χ0v) is 8.30. The number of carbonyl (C=O) groups is 1. The van der Waals surface area contributed by atoms with Crippen molar-refractivity contribution >= 4 is 28.0 Å². The van der Waals surface area contributed by atoms with Crippen molar-refractivity contribution in [3.8, 4) is 0 Å². The Labute approximate surface area is 92.9 Å². The van der Waals surface area contributed by atoms with Crippen LogP contribution in [-0.4, -0.2) is 21.0 Å². The number of benzene rings is 1. The molecule has 0 unspecified atom stereocenters. The molecule has 0 spiro atoms. The highest BCUT2D eigenvalue weighted by Crippen LogP contribution is 2.14. The molecule has 3 rings (SSSR count). The molecule has 0 fully saturated rings. The highest BCUT2D eigenvalue weighted by Gasteiger charge is 2.17. The van der Waals surface area contributed by atoms with Crippen LogP contribution in [0.3, 0.4) is 0 Å². The summed E-state index contributed by atoms with van der Waals surface area (Å²) in [4.78, 5) is 40.9. The van der Waals surface area contributed by atoms with Crippen molar-refractivity contribution in [2.24, 2.45) is 0 Å². The quantitative estimate of drug-likeness (QED) is 0.592. The Morgan fingerprint density at radius 2 is 1.59 bits per heavy atom. The summed E-state index contributed by atoms with van der Waals surface area (Å²) in [5.41, 5.74) is -0.480. The van der Waals surface area contributed by atoms with E-state index >= 15 is 0 Å². The molecule has 0 bridgehead atoms. The van der Waals surface area contributed by atoms with Gasteiger partial charge in [-0.3, -0.25) is 9.59 Å². The van der Waals surface area contributed by atoms with Gasteiger partial charge in [0.1, 0.15) is 11.0 Å². The van der Waals surface area contributed by atoms with Crippen LogP contribution in [0, 0.1) is 0 Å². The molecule has 0 atom stereocenters. The normalized spacial score (nSPS) is 11.3. The summed E-state index contributed by atoms with van der Waals surface area (Å²) in [5.74, 6) is -1.08. The molecular formula is C11H4N2O4. The first-order chi connectivity index (χ1) is 8.08. The van der Waals surface area contributed by atoms with E-state index in [1.807, 2.05) is 0 Å². The summed E-state index contributed by atoms with van der Waals surface area (Å²) in [6, 6.07) is 4.15. The van der Waals surface area contributed by atoms with Gasteiger partial charge in [0.05, 0.1) is 16.6 Å². The van der Waals surface area contributed by atoms with Gasteiger partial charge in [-0.25, -0.2) is 14.8 Å². The number of carboxylic acid groups (broad SMARTS) is 1. The smallest absolute Gasteiger partial charge is 0.335 e. The van der Waals surface area contributed by atoms with Gasteiger partial charge in [0, 0.05) is 0 Å². The third-order valence-corrected chi connectivity index (χ3v) is 2.55. The molecule has 6 nitrogen and oxygen atoms in total. The Morgan fingerprint density at radius 1 is 1.00 bits per heavy atom. The molecule has 0 radical (unpaired) electrons. The van der Waals surface area contributed by atoms with Crippen LogP contribution in [0.1, 0.15) is 10.4 Å². The van der Waals surface area contributed by atoms with Crippen LogP contribution in [0.5, 0.6) is 0 Å². The van der Waals surface area contributed by atoms with Crippen LogP contribution in [-0.2, 0) is 0 Å². The van der Waals surface area contributed by atoms with Crippen molar-refractivity contribution in [3.05, 3.63) is 44.2 Å². The van der Waals surface area contributed by atoms with E-state index in [2.05, 4.69) is 9.97 Å². The number of aromatic nitrogens is 2. The third-order valence-electron chi connectivity index (χ3n) is 2.55. The van der Waals surface area contributed by atoms with Crippen LogP contribution in [0.25, 0.3) is 22.1 Å². The second-order valence-electron chi connectivity index (χ2n) is 3.59. The highest BCUT2D eigenvalue weighted by molar-refractivity contribution is 5.95. The van der Waals surface area contributed by atoms with E-state index in [4.69, 9.17) is 5.11 Å². The Bertz CT molecular complexity index is 859. The third kappa shape index (κ3) is 1.17. The Balaban J connectivity index is 2.41. The lowest BCUT2D eigenvalue weighted by Crippen LogP contribution is -2.32. The van der Waals surface area contributed by atoms with Gasteiger partial charge in [-0.15, -0.1) is 0 Å². The maximum absolute atomic E-state index is 11.1. The lowest BCUT2D eigenvalue weighted by Gasteiger charge is -2.02. The zero-order valence-electron chi connectivity index (χ0n) is 8.30. The molecule has 0 aliphatic rings. The molecule has 1 N–H and O–H groups in total. The average molecular weight is 228 g/mol. The number of rotatable bonds is 1. The fourth-order valence-electron chi connectivity index (χ4n) is 1.66. The molecule has 1 aromatic heterocycles. The van der Waals surface area contributed by atoms with E-state index in [0.29, 0.717) is 11.0 Å². The average Bonchev–Trinajstić information content (AvgIpc) is 2.35. The summed E-state index contributed by atoms with van der Waals surface area (Å²) >= 11 is 0. The van der Waals surface area contributed by atoms with Crippen LogP contribution in [0.15, 0.2) is 27.8 Å². The fourth-order valence-corrected chi connectivity index (χ4v) is 1.66. The Hall–Kier alpha value is -2.63. The van der Waals surface area contributed by atoms with Crippen LogP contribution >= 0.6 is 0 Å². The zero-order chi connectivity index (χ0) is 12.2. The lowest BCUT2D eigenvalue weighted by molar-refractivity contribution is 0.0697. The van der Waals surface area contributed by atoms with Crippen molar-refractivity contribution in [1.82, 2.24) is 9.97 Å². The minimum absolute atomic E-state index is 0.0186. The van der Waals surface area contributed by atoms with Crippen LogP contribution < -0.4 is 10.9 Å². The first-order valence-electron chi connectivity index (χ1n) is 4.72. The molecule has 0 saturated carbocycles. The number of fused-ring (bicyclic) bond motifs is 2. The Morgan fingerprint density at radius 3 is 2.18 bits per heavy atom. The Kier molecular flexibility index (Phi) is 1.66. The van der Waals surface area contributed by atoms with E-state index in [1.165, 1.54) is 18.2 Å². The highest BCUT2D eigenvalue weighted by atomic mass is 16.4. The predicted octanol–water partition coefficient (Wildman–Crippen LogP) is 0.0772. The maximum Gasteiger partial charge on any atom is 0.335 e. The van der Waals surface area contributed by atoms with Gasteiger partial charge in [-0.05, 0) is 18.2 Å². The van der Waals surface area contributed by atoms with E-state index in [0.717, 1.165) is 0 Å². The van der Waals surface area contributed by atoms with Crippen LogP contribution in [0.2, 0.25) is 0 Å². The first kappa shape index (κ1) is 9.59. The van der Waals surface area contributed by atoms with Gasteiger partial charge >= 0.3 is 5.97 Å². The topological polar surface area (TPSA) is 97.2 Å². The fraction of sp³-hybridized carbons (Fsp3) is 0. The van der Waals surface area contributed by atoms with E-state index in [1.54, 1.807) is 0 Å². The molecule has 0 aliphatic heterocycles. The molecule has 0 amide bonds. The lowest BCUT2D eigenvalue weighted by atomic mass is 10.1. The predicted molar refractivity (Wildman–Crippen MR) is 58.9 cm³/mol. The van der Waals surface area contributed by atoms with Crippen molar-refractivity contribution in [1.29, 1.82) is 0 Å². The van der Waals surface area contributed by atoms with Gasteiger partial charge in [-0.2, -0.15) is 0 Å². The number of carboxylic acids is 1. The van der Waals surface area contributed by atoms with Gasteiger partial charge in [0.15, 0.2) is 0 Å². The van der Waals surface area contributed by atoms with E-state index in [-0.39, 0.29) is 16.6 Å². The second-order valence-corrected chi connectivity index (χ2v) is 3.59. The van der Waals surface area contributed by atoms with Crippen molar-refractivity contribution in [2.75, 3.05) is 0 Å². The molecule has 2 aromatic carbocycles. The molecular weight excluding hydrogens is 224 g/mol. The van der Waals surface area contributed by atoms with E-state index in [9.17, 15) is 14.4 Å². The van der Waals surface area contributed by atoms with Crippen LogP contribution in [0.4, 0.5) is 0 Å². The number of hydrogen-bond acceptors (Lipinski definition) is 5. The van der Waals surface area contributed by atoms with Gasteiger partial charge in [0.2, 0.25) is 0 Å². The summed E-state index contributed by atoms with van der Waals surface area (Å²) in [6.07, 6.45) is 0. The molecule has 1 heterocycles.